The first-order chi connectivity index (χ1) is 14.7. The van der Waals surface area contributed by atoms with Gasteiger partial charge < -0.3 is 0 Å². The molecule has 5 rings (SSSR count). The van der Waals surface area contributed by atoms with Gasteiger partial charge in [-0.2, -0.15) is 0 Å². The number of thioether (sulfide) groups is 1. The minimum Gasteiger partial charge on any atom is -0.273 e. The van der Waals surface area contributed by atoms with Crippen LogP contribution in [0.5, 0.6) is 0 Å². The molecule has 1 aliphatic heterocycles. The Hall–Kier alpha value is -2.60. The van der Waals surface area contributed by atoms with E-state index in [4.69, 9.17) is 16.6 Å². The first-order valence-corrected chi connectivity index (χ1v) is 11.8. The van der Waals surface area contributed by atoms with Crippen molar-refractivity contribution in [3.8, 4) is 21.7 Å². The number of carbonyl (C=O) groups excluding carboxylic acids is 1. The van der Waals surface area contributed by atoms with E-state index in [9.17, 15) is 4.79 Å². The van der Waals surface area contributed by atoms with Crippen molar-refractivity contribution in [2.24, 2.45) is 0 Å². The summed E-state index contributed by atoms with van der Waals surface area (Å²) in [6, 6.07) is 28.1. The van der Waals surface area contributed by atoms with Crippen molar-refractivity contribution in [1.82, 2.24) is 4.98 Å². The van der Waals surface area contributed by atoms with E-state index in [2.05, 4.69) is 24.3 Å². The number of rotatable bonds is 4. The molecular formula is C24H17ClN2OS2. The van der Waals surface area contributed by atoms with Crippen molar-refractivity contribution in [1.29, 1.82) is 0 Å². The molecule has 148 valence electrons. The first kappa shape index (κ1) is 19.4. The molecule has 0 N–H and O–H groups in total. The molecule has 1 unspecified atom stereocenters. The van der Waals surface area contributed by atoms with Crippen molar-refractivity contribution >= 4 is 45.7 Å². The number of amides is 1. The lowest BCUT2D eigenvalue weighted by molar-refractivity contribution is -0.115. The highest BCUT2D eigenvalue weighted by atomic mass is 35.5. The van der Waals surface area contributed by atoms with E-state index in [0.717, 1.165) is 32.4 Å². The largest absolute Gasteiger partial charge is 0.273 e. The van der Waals surface area contributed by atoms with Crippen LogP contribution in [0.2, 0.25) is 5.02 Å². The molecule has 1 aromatic heterocycles. The summed E-state index contributed by atoms with van der Waals surface area (Å²) in [6.45, 7) is 0. The lowest BCUT2D eigenvalue weighted by Gasteiger charge is -2.21. The number of nitrogens with zero attached hydrogens (tertiary/aromatic N) is 2. The van der Waals surface area contributed by atoms with Crippen LogP contribution in [0.3, 0.4) is 0 Å². The summed E-state index contributed by atoms with van der Waals surface area (Å²) in [5, 5.41) is 1.31. The Morgan fingerprint density at radius 3 is 2.17 bits per heavy atom. The second-order valence-electron chi connectivity index (χ2n) is 6.88. The first-order valence-electron chi connectivity index (χ1n) is 9.51. The molecule has 2 heterocycles. The Morgan fingerprint density at radius 1 is 0.867 bits per heavy atom. The Bertz CT molecular complexity index is 1120. The summed E-state index contributed by atoms with van der Waals surface area (Å²) in [4.78, 5) is 20.7. The standard InChI is InChI=1S/C24H17ClN2OS2/c25-19-13-11-18(12-14-19)23-27(20(28)15-29-23)24-26-21(16-7-3-1-4-8-16)22(30-24)17-9-5-2-6-10-17/h1-14,23H,15H2. The average Bonchev–Trinajstić information content (AvgIpc) is 3.39. The Labute approximate surface area is 188 Å². The summed E-state index contributed by atoms with van der Waals surface area (Å²) in [5.41, 5.74) is 4.10. The van der Waals surface area contributed by atoms with E-state index in [1.54, 1.807) is 23.1 Å². The molecule has 4 aromatic rings. The molecule has 1 fully saturated rings. The molecule has 1 saturated heterocycles. The molecule has 3 nitrogen and oxygen atoms in total. The molecule has 1 atom stereocenters. The van der Waals surface area contributed by atoms with Crippen LogP contribution in [0.15, 0.2) is 84.9 Å². The van der Waals surface area contributed by atoms with Gasteiger partial charge in [0.1, 0.15) is 5.37 Å². The predicted octanol–water partition coefficient (Wildman–Crippen LogP) is 6.91. The molecule has 6 heteroatoms. The van der Waals surface area contributed by atoms with Crippen molar-refractivity contribution in [2.75, 3.05) is 10.7 Å². The summed E-state index contributed by atoms with van der Waals surface area (Å²) in [5.74, 6) is 0.515. The lowest BCUT2D eigenvalue weighted by Crippen LogP contribution is -2.27. The third-order valence-electron chi connectivity index (χ3n) is 4.93. The highest BCUT2D eigenvalue weighted by Crippen LogP contribution is 2.47. The maximum atomic E-state index is 12.9. The maximum absolute atomic E-state index is 12.9. The van der Waals surface area contributed by atoms with Gasteiger partial charge in [-0.25, -0.2) is 4.98 Å². The lowest BCUT2D eigenvalue weighted by atomic mass is 10.1. The van der Waals surface area contributed by atoms with E-state index >= 15 is 0 Å². The van der Waals surface area contributed by atoms with E-state index < -0.39 is 0 Å². The van der Waals surface area contributed by atoms with Crippen molar-refractivity contribution < 1.29 is 4.79 Å². The van der Waals surface area contributed by atoms with E-state index in [0.29, 0.717) is 10.8 Å². The van der Waals surface area contributed by atoms with Gasteiger partial charge >= 0.3 is 0 Å². The van der Waals surface area contributed by atoms with Gasteiger partial charge in [-0.15, -0.1) is 11.8 Å². The van der Waals surface area contributed by atoms with Gasteiger partial charge in [0.15, 0.2) is 5.13 Å². The Morgan fingerprint density at radius 2 is 1.50 bits per heavy atom. The zero-order chi connectivity index (χ0) is 20.5. The van der Waals surface area contributed by atoms with E-state index in [1.807, 2.05) is 65.6 Å². The second kappa shape index (κ2) is 8.26. The van der Waals surface area contributed by atoms with Crippen molar-refractivity contribution in [3.63, 3.8) is 0 Å². The van der Waals surface area contributed by atoms with Gasteiger partial charge in [-0.3, -0.25) is 9.69 Å². The van der Waals surface area contributed by atoms with Crippen LogP contribution >= 0.6 is 34.7 Å². The normalized spacial score (nSPS) is 16.2. The van der Waals surface area contributed by atoms with Crippen LogP contribution in [-0.2, 0) is 4.79 Å². The smallest absolute Gasteiger partial charge is 0.240 e. The zero-order valence-electron chi connectivity index (χ0n) is 15.9. The van der Waals surface area contributed by atoms with Crippen LogP contribution in [0.25, 0.3) is 21.7 Å². The number of hydrogen-bond acceptors (Lipinski definition) is 4. The van der Waals surface area contributed by atoms with Gasteiger partial charge in [0, 0.05) is 10.6 Å². The van der Waals surface area contributed by atoms with Gasteiger partial charge in [-0.1, -0.05) is 95.7 Å². The highest BCUT2D eigenvalue weighted by Gasteiger charge is 2.36. The zero-order valence-corrected chi connectivity index (χ0v) is 18.3. The van der Waals surface area contributed by atoms with Crippen LogP contribution in [0, 0.1) is 0 Å². The minimum atomic E-state index is -0.104. The summed E-state index contributed by atoms with van der Waals surface area (Å²) in [6.07, 6.45) is 0. The van der Waals surface area contributed by atoms with Crippen LogP contribution in [-0.4, -0.2) is 16.6 Å². The molecule has 0 spiro atoms. The van der Waals surface area contributed by atoms with Crippen LogP contribution in [0.4, 0.5) is 5.13 Å². The van der Waals surface area contributed by atoms with Gasteiger partial charge in [0.25, 0.3) is 0 Å². The fourth-order valence-corrected chi connectivity index (χ4v) is 5.98. The number of thiazole rings is 1. The van der Waals surface area contributed by atoms with Crippen molar-refractivity contribution in [2.45, 2.75) is 5.37 Å². The third kappa shape index (κ3) is 3.65. The minimum absolute atomic E-state index is 0.0768. The number of halogens is 1. The second-order valence-corrected chi connectivity index (χ2v) is 9.37. The predicted molar refractivity (Wildman–Crippen MR) is 127 cm³/mol. The van der Waals surface area contributed by atoms with E-state index in [1.165, 1.54) is 0 Å². The Balaban J connectivity index is 1.62. The molecule has 1 aliphatic rings. The fourth-order valence-electron chi connectivity index (χ4n) is 3.49. The number of benzene rings is 3. The van der Waals surface area contributed by atoms with Gasteiger partial charge in [0.05, 0.1) is 16.3 Å². The number of anilines is 1. The summed E-state index contributed by atoms with van der Waals surface area (Å²) in [7, 11) is 0. The molecule has 0 radical (unpaired) electrons. The molecule has 0 saturated carbocycles. The van der Waals surface area contributed by atoms with E-state index in [-0.39, 0.29) is 11.3 Å². The van der Waals surface area contributed by atoms with Gasteiger partial charge in [0.2, 0.25) is 5.91 Å². The quantitative estimate of drug-likeness (QED) is 0.340. The highest BCUT2D eigenvalue weighted by molar-refractivity contribution is 8.00. The monoisotopic (exact) mass is 448 g/mol. The number of hydrogen-bond donors (Lipinski definition) is 0. The fraction of sp³-hybridized carbons (Fsp3) is 0.0833. The molecule has 1 amide bonds. The summed E-state index contributed by atoms with van der Waals surface area (Å²) < 4.78 is 0. The molecular weight excluding hydrogens is 432 g/mol. The maximum Gasteiger partial charge on any atom is 0.240 e. The number of aromatic nitrogens is 1. The topological polar surface area (TPSA) is 33.2 Å². The molecule has 30 heavy (non-hydrogen) atoms. The molecule has 0 bridgehead atoms. The number of carbonyl (C=O) groups is 1. The van der Waals surface area contributed by atoms with Crippen molar-refractivity contribution in [3.05, 3.63) is 95.5 Å². The Kier molecular flexibility index (Phi) is 5.34. The average molecular weight is 449 g/mol. The third-order valence-corrected chi connectivity index (χ3v) is 7.50. The van der Waals surface area contributed by atoms with Crippen LogP contribution < -0.4 is 4.90 Å². The van der Waals surface area contributed by atoms with Gasteiger partial charge in [-0.05, 0) is 23.3 Å². The summed E-state index contributed by atoms with van der Waals surface area (Å²) >= 11 is 9.25. The molecule has 3 aromatic carbocycles. The molecule has 0 aliphatic carbocycles. The van der Waals surface area contributed by atoms with Crippen LogP contribution in [0.1, 0.15) is 10.9 Å². The SMILES string of the molecule is O=C1CSC(c2ccc(Cl)cc2)N1c1nc(-c2ccccc2)c(-c2ccccc2)s1.